The maximum absolute atomic E-state index is 12.4. The molecule has 1 aliphatic carbocycles. The summed E-state index contributed by atoms with van der Waals surface area (Å²) in [6, 6.07) is 4.42. The van der Waals surface area contributed by atoms with Crippen LogP contribution in [0.1, 0.15) is 32.1 Å². The lowest BCUT2D eigenvalue weighted by Gasteiger charge is -2.41. The smallest absolute Gasteiger partial charge is 0.316 e. The van der Waals surface area contributed by atoms with Gasteiger partial charge >= 0.3 is 6.01 Å². The van der Waals surface area contributed by atoms with Crippen LogP contribution in [0.5, 0.6) is 6.01 Å². The predicted molar refractivity (Wildman–Crippen MR) is 101 cm³/mol. The predicted octanol–water partition coefficient (Wildman–Crippen LogP) is 2.67. The van der Waals surface area contributed by atoms with Crippen LogP contribution in [0.4, 0.5) is 4.39 Å². The Labute approximate surface area is 158 Å². The molecule has 2 aliphatic rings. The van der Waals surface area contributed by atoms with Crippen molar-refractivity contribution in [3.63, 3.8) is 0 Å². The minimum absolute atomic E-state index is 0.0714. The largest absolute Gasteiger partial charge is 0.460 e. The van der Waals surface area contributed by atoms with Crippen molar-refractivity contribution >= 4 is 0 Å². The molecule has 27 heavy (non-hydrogen) atoms. The molecule has 2 aromatic rings. The second kappa shape index (κ2) is 8.17. The van der Waals surface area contributed by atoms with Crippen molar-refractivity contribution in [1.29, 1.82) is 0 Å². The van der Waals surface area contributed by atoms with Gasteiger partial charge in [0.15, 0.2) is 0 Å². The second-order valence-corrected chi connectivity index (χ2v) is 7.33. The van der Waals surface area contributed by atoms with Crippen LogP contribution in [0.15, 0.2) is 35.5 Å². The van der Waals surface area contributed by atoms with Gasteiger partial charge in [-0.2, -0.15) is 0 Å². The third-order valence-electron chi connectivity index (χ3n) is 5.62. The quantitative estimate of drug-likeness (QED) is 0.780. The summed E-state index contributed by atoms with van der Waals surface area (Å²) in [4.78, 5) is 23.1. The molecule has 4 rings (SSSR count). The van der Waals surface area contributed by atoms with Crippen LogP contribution in [-0.4, -0.2) is 51.3 Å². The summed E-state index contributed by atoms with van der Waals surface area (Å²) in [7, 11) is 0. The van der Waals surface area contributed by atoms with Crippen LogP contribution in [0.25, 0.3) is 11.1 Å². The molecule has 0 atom stereocenters. The number of likely N-dealkylation sites (tertiary alicyclic amines) is 1. The Morgan fingerprint density at radius 3 is 2.44 bits per heavy atom. The van der Waals surface area contributed by atoms with E-state index in [0.717, 1.165) is 43.1 Å². The van der Waals surface area contributed by atoms with Crippen molar-refractivity contribution in [2.24, 2.45) is 0 Å². The first-order valence-electron chi connectivity index (χ1n) is 9.72. The van der Waals surface area contributed by atoms with Crippen molar-refractivity contribution in [3.05, 3.63) is 41.1 Å². The molecule has 3 heterocycles. The lowest BCUT2D eigenvalue weighted by atomic mass is 9.90. The fraction of sp³-hybridized carbons (Fsp3) is 0.550. The fourth-order valence-electron chi connectivity index (χ4n) is 3.75. The molecule has 7 heteroatoms. The van der Waals surface area contributed by atoms with E-state index in [9.17, 15) is 9.18 Å². The highest BCUT2D eigenvalue weighted by Crippen LogP contribution is 2.28. The fourth-order valence-corrected chi connectivity index (χ4v) is 3.75. The summed E-state index contributed by atoms with van der Waals surface area (Å²) in [6.45, 7) is 1.68. The Hall–Kier alpha value is -2.28. The van der Waals surface area contributed by atoms with Gasteiger partial charge in [0.1, 0.15) is 12.8 Å². The van der Waals surface area contributed by atoms with Gasteiger partial charge in [0.25, 0.3) is 5.56 Å². The Balaban J connectivity index is 1.35. The van der Waals surface area contributed by atoms with E-state index in [0.29, 0.717) is 6.01 Å². The van der Waals surface area contributed by atoms with Gasteiger partial charge in [-0.05, 0) is 37.3 Å². The highest BCUT2D eigenvalue weighted by molar-refractivity contribution is 5.60. The van der Waals surface area contributed by atoms with Crippen molar-refractivity contribution in [3.8, 4) is 17.1 Å². The van der Waals surface area contributed by atoms with Gasteiger partial charge < -0.3 is 14.2 Å². The molecular formula is C20H25FN4O2. The monoisotopic (exact) mass is 372 g/mol. The minimum Gasteiger partial charge on any atom is -0.460 e. The van der Waals surface area contributed by atoms with E-state index in [2.05, 4.69) is 14.9 Å². The zero-order chi connectivity index (χ0) is 18.6. The topological polar surface area (TPSA) is 60.2 Å². The van der Waals surface area contributed by atoms with Crippen LogP contribution < -0.4 is 10.3 Å². The molecule has 0 aromatic carbocycles. The molecule has 2 aromatic heterocycles. The number of ether oxygens (including phenoxy) is 1. The average Bonchev–Trinajstić information content (AvgIpc) is 2.64. The van der Waals surface area contributed by atoms with Crippen molar-refractivity contribution in [1.82, 2.24) is 19.4 Å². The van der Waals surface area contributed by atoms with Gasteiger partial charge in [-0.25, -0.2) is 14.4 Å². The third kappa shape index (κ3) is 4.18. The molecule has 1 aliphatic heterocycles. The van der Waals surface area contributed by atoms with E-state index in [1.54, 1.807) is 24.7 Å². The van der Waals surface area contributed by atoms with Gasteiger partial charge in [0.05, 0.1) is 6.54 Å². The van der Waals surface area contributed by atoms with Gasteiger partial charge in [-0.15, -0.1) is 0 Å². The molecule has 144 valence electrons. The van der Waals surface area contributed by atoms with Crippen LogP contribution in [0, 0.1) is 0 Å². The highest BCUT2D eigenvalue weighted by atomic mass is 19.1. The number of hydrogen-bond donors (Lipinski definition) is 0. The van der Waals surface area contributed by atoms with Crippen LogP contribution >= 0.6 is 0 Å². The van der Waals surface area contributed by atoms with Gasteiger partial charge in [0.2, 0.25) is 0 Å². The zero-order valence-corrected chi connectivity index (χ0v) is 15.4. The Morgan fingerprint density at radius 1 is 1.11 bits per heavy atom. The Bertz CT molecular complexity index is 811. The number of hydrogen-bond acceptors (Lipinski definition) is 5. The first kappa shape index (κ1) is 18.1. The Morgan fingerprint density at radius 2 is 1.85 bits per heavy atom. The average molecular weight is 372 g/mol. The lowest BCUT2D eigenvalue weighted by molar-refractivity contribution is 0.0454. The SMILES string of the molecule is O=c1cc(-c2cnc(OC3CCN(C4CCC4)CC3)nc2)ccn1CCF. The van der Waals surface area contributed by atoms with Crippen molar-refractivity contribution in [2.75, 3.05) is 19.8 Å². The molecule has 2 fully saturated rings. The van der Waals surface area contributed by atoms with Crippen LogP contribution in [0.3, 0.4) is 0 Å². The molecule has 0 unspecified atom stereocenters. The number of halogens is 1. The summed E-state index contributed by atoms with van der Waals surface area (Å²) in [5.74, 6) is 0. The summed E-state index contributed by atoms with van der Waals surface area (Å²) in [5.41, 5.74) is 1.23. The molecule has 1 saturated heterocycles. The first-order valence-corrected chi connectivity index (χ1v) is 9.72. The molecule has 6 nitrogen and oxygen atoms in total. The van der Waals surface area contributed by atoms with E-state index in [1.165, 1.54) is 29.9 Å². The highest BCUT2D eigenvalue weighted by Gasteiger charge is 2.29. The molecule has 1 saturated carbocycles. The van der Waals surface area contributed by atoms with Gasteiger partial charge in [-0.3, -0.25) is 4.79 Å². The maximum atomic E-state index is 12.4. The number of piperidine rings is 1. The number of alkyl halides is 1. The summed E-state index contributed by atoms with van der Waals surface area (Å²) < 4.78 is 19.7. The zero-order valence-electron chi connectivity index (χ0n) is 15.4. The Kier molecular flexibility index (Phi) is 5.48. The van der Waals surface area contributed by atoms with Gasteiger partial charge in [0, 0.05) is 49.4 Å². The third-order valence-corrected chi connectivity index (χ3v) is 5.62. The molecule has 0 amide bonds. The molecule has 0 bridgehead atoms. The number of aromatic nitrogens is 3. The summed E-state index contributed by atoms with van der Waals surface area (Å²) >= 11 is 0. The number of rotatable bonds is 6. The van der Waals surface area contributed by atoms with E-state index < -0.39 is 6.67 Å². The summed E-state index contributed by atoms with van der Waals surface area (Å²) in [6.07, 6.45) is 11.2. The van der Waals surface area contributed by atoms with Crippen molar-refractivity contribution in [2.45, 2.75) is 50.8 Å². The molecule has 0 spiro atoms. The number of aryl methyl sites for hydroxylation is 1. The maximum Gasteiger partial charge on any atom is 0.316 e. The lowest BCUT2D eigenvalue weighted by Crippen LogP contribution is -2.46. The van der Waals surface area contributed by atoms with E-state index in [4.69, 9.17) is 4.74 Å². The molecule has 0 radical (unpaired) electrons. The van der Waals surface area contributed by atoms with Crippen LogP contribution in [0.2, 0.25) is 0 Å². The van der Waals surface area contributed by atoms with E-state index >= 15 is 0 Å². The van der Waals surface area contributed by atoms with Crippen LogP contribution in [-0.2, 0) is 6.54 Å². The minimum atomic E-state index is -0.562. The number of nitrogens with zero attached hydrogens (tertiary/aromatic N) is 4. The molecule has 0 N–H and O–H groups in total. The normalized spacial score (nSPS) is 19.0. The van der Waals surface area contributed by atoms with E-state index in [1.807, 2.05) is 0 Å². The van der Waals surface area contributed by atoms with Gasteiger partial charge in [-0.1, -0.05) is 6.42 Å². The molecular weight excluding hydrogens is 347 g/mol. The standard InChI is InChI=1S/C20H25FN4O2/c21-7-11-25-8-4-15(12-19(25)26)16-13-22-20(23-14-16)27-18-5-9-24(10-6-18)17-2-1-3-17/h4,8,12-14,17-18H,1-3,5-7,9-11H2. The first-order chi connectivity index (χ1) is 13.2. The summed E-state index contributed by atoms with van der Waals surface area (Å²) in [5, 5.41) is 0. The van der Waals surface area contributed by atoms with Crippen molar-refractivity contribution < 1.29 is 9.13 Å². The number of pyridine rings is 1. The second-order valence-electron chi connectivity index (χ2n) is 7.33. The van der Waals surface area contributed by atoms with E-state index in [-0.39, 0.29) is 18.2 Å².